The molecule has 1 saturated heterocycles. The number of carbonyl (C=O) groups excluding carboxylic acids is 1. The van der Waals surface area contributed by atoms with Gasteiger partial charge in [-0.2, -0.15) is 0 Å². The van der Waals surface area contributed by atoms with E-state index in [1.54, 1.807) is 6.20 Å². The van der Waals surface area contributed by atoms with Gasteiger partial charge in [-0.3, -0.25) is 4.79 Å². The third-order valence-electron chi connectivity index (χ3n) is 2.91. The van der Waals surface area contributed by atoms with Crippen LogP contribution in [0.4, 0.5) is 0 Å². The average molecular weight is 221 g/mol. The van der Waals surface area contributed by atoms with E-state index in [1.807, 2.05) is 4.90 Å². The predicted octanol–water partition coefficient (Wildman–Crippen LogP) is 1.94. The molecule has 0 aliphatic carbocycles. The molecule has 1 aromatic rings. The van der Waals surface area contributed by atoms with Crippen LogP contribution in [0.15, 0.2) is 6.20 Å². The van der Waals surface area contributed by atoms with Crippen molar-refractivity contribution in [3.63, 3.8) is 0 Å². The summed E-state index contributed by atoms with van der Waals surface area (Å²) < 4.78 is 0. The molecule has 0 saturated carbocycles. The van der Waals surface area contributed by atoms with Crippen molar-refractivity contribution in [2.45, 2.75) is 39.0 Å². The maximum absolute atomic E-state index is 12.0. The standard InChI is InChI=1S/C12H19N3O/c1-12(2,3)11-13-8-9(14-11)10(16)15-6-4-5-7-15/h8H,4-7H2,1-3H3,(H,13,14). The Balaban J connectivity index is 2.15. The number of H-pyrrole nitrogens is 1. The fourth-order valence-electron chi connectivity index (χ4n) is 1.90. The number of carbonyl (C=O) groups is 1. The van der Waals surface area contributed by atoms with Crippen LogP contribution in [-0.2, 0) is 5.41 Å². The van der Waals surface area contributed by atoms with Crippen LogP contribution in [0.25, 0.3) is 0 Å². The molecule has 88 valence electrons. The van der Waals surface area contributed by atoms with Crippen molar-refractivity contribution in [3.8, 4) is 0 Å². The highest BCUT2D eigenvalue weighted by Gasteiger charge is 2.23. The van der Waals surface area contributed by atoms with Gasteiger partial charge in [0.1, 0.15) is 11.5 Å². The minimum Gasteiger partial charge on any atom is -0.338 e. The van der Waals surface area contributed by atoms with Gasteiger partial charge in [0.2, 0.25) is 0 Å². The summed E-state index contributed by atoms with van der Waals surface area (Å²) in [6, 6.07) is 0. The van der Waals surface area contributed by atoms with Crippen LogP contribution < -0.4 is 0 Å². The van der Waals surface area contributed by atoms with Gasteiger partial charge in [0.25, 0.3) is 5.91 Å². The summed E-state index contributed by atoms with van der Waals surface area (Å²) in [5.41, 5.74) is 0.579. The highest BCUT2D eigenvalue weighted by Crippen LogP contribution is 2.19. The molecule has 1 fully saturated rings. The molecule has 4 heteroatoms. The highest BCUT2D eigenvalue weighted by atomic mass is 16.2. The summed E-state index contributed by atoms with van der Waals surface area (Å²) >= 11 is 0. The zero-order valence-corrected chi connectivity index (χ0v) is 10.2. The van der Waals surface area contributed by atoms with Crippen LogP contribution in [0.3, 0.4) is 0 Å². The van der Waals surface area contributed by atoms with Gasteiger partial charge in [-0.25, -0.2) is 4.98 Å². The van der Waals surface area contributed by atoms with Crippen molar-refractivity contribution in [3.05, 3.63) is 17.7 Å². The van der Waals surface area contributed by atoms with E-state index in [9.17, 15) is 4.79 Å². The monoisotopic (exact) mass is 221 g/mol. The van der Waals surface area contributed by atoms with Crippen molar-refractivity contribution in [2.24, 2.45) is 0 Å². The van der Waals surface area contributed by atoms with Crippen LogP contribution in [0.5, 0.6) is 0 Å². The van der Waals surface area contributed by atoms with Gasteiger partial charge in [0, 0.05) is 18.5 Å². The maximum atomic E-state index is 12.0. The Labute approximate surface area is 96.1 Å². The van der Waals surface area contributed by atoms with Crippen molar-refractivity contribution >= 4 is 5.91 Å². The first-order valence-corrected chi connectivity index (χ1v) is 5.83. The van der Waals surface area contributed by atoms with Crippen LogP contribution in [0.2, 0.25) is 0 Å². The largest absolute Gasteiger partial charge is 0.338 e. The van der Waals surface area contributed by atoms with E-state index >= 15 is 0 Å². The van der Waals surface area contributed by atoms with Gasteiger partial charge in [0.15, 0.2) is 0 Å². The van der Waals surface area contributed by atoms with Gasteiger partial charge in [0.05, 0.1) is 6.20 Å². The molecule has 1 aliphatic heterocycles. The van der Waals surface area contributed by atoms with Gasteiger partial charge in [-0.1, -0.05) is 20.8 Å². The Hall–Kier alpha value is -1.32. The second-order valence-electron chi connectivity index (χ2n) is 5.39. The lowest BCUT2D eigenvalue weighted by Gasteiger charge is -2.15. The Bertz CT molecular complexity index is 383. The summed E-state index contributed by atoms with van der Waals surface area (Å²) in [5.74, 6) is 0.954. The molecule has 1 N–H and O–H groups in total. The maximum Gasteiger partial charge on any atom is 0.271 e. The first kappa shape index (κ1) is 11.2. The van der Waals surface area contributed by atoms with Crippen LogP contribution in [0, 0.1) is 0 Å². The normalized spacial score (nSPS) is 16.8. The van der Waals surface area contributed by atoms with E-state index in [0.717, 1.165) is 31.8 Å². The lowest BCUT2D eigenvalue weighted by Crippen LogP contribution is -2.28. The molecule has 0 bridgehead atoms. The smallest absolute Gasteiger partial charge is 0.271 e. The summed E-state index contributed by atoms with van der Waals surface area (Å²) in [6.45, 7) is 7.99. The number of aromatic nitrogens is 2. The van der Waals surface area contributed by atoms with E-state index < -0.39 is 0 Å². The van der Waals surface area contributed by atoms with E-state index in [0.29, 0.717) is 5.69 Å². The summed E-state index contributed by atoms with van der Waals surface area (Å²) in [4.78, 5) is 21.3. The predicted molar refractivity (Wildman–Crippen MR) is 62.4 cm³/mol. The zero-order chi connectivity index (χ0) is 11.8. The first-order chi connectivity index (χ1) is 7.48. The number of aromatic amines is 1. The molecule has 1 amide bonds. The summed E-state index contributed by atoms with van der Waals surface area (Å²) in [5, 5.41) is 0. The number of amides is 1. The van der Waals surface area contributed by atoms with Gasteiger partial charge < -0.3 is 9.88 Å². The lowest BCUT2D eigenvalue weighted by atomic mass is 9.96. The Morgan fingerprint density at radius 2 is 2.00 bits per heavy atom. The van der Waals surface area contributed by atoms with Crippen molar-refractivity contribution < 1.29 is 4.79 Å². The van der Waals surface area contributed by atoms with Gasteiger partial charge >= 0.3 is 0 Å². The third kappa shape index (κ3) is 2.10. The molecular weight excluding hydrogens is 202 g/mol. The van der Waals surface area contributed by atoms with Gasteiger partial charge in [-0.15, -0.1) is 0 Å². The number of rotatable bonds is 1. The lowest BCUT2D eigenvalue weighted by molar-refractivity contribution is 0.0787. The Morgan fingerprint density at radius 1 is 1.38 bits per heavy atom. The number of hydrogen-bond acceptors (Lipinski definition) is 2. The van der Waals surface area contributed by atoms with Crippen molar-refractivity contribution in [1.29, 1.82) is 0 Å². The molecule has 2 heterocycles. The minimum atomic E-state index is -0.0382. The highest BCUT2D eigenvalue weighted by molar-refractivity contribution is 5.92. The Morgan fingerprint density at radius 3 is 2.50 bits per heavy atom. The average Bonchev–Trinajstić information content (AvgIpc) is 2.87. The van der Waals surface area contributed by atoms with Crippen LogP contribution >= 0.6 is 0 Å². The third-order valence-corrected chi connectivity index (χ3v) is 2.91. The molecule has 16 heavy (non-hydrogen) atoms. The number of hydrogen-bond donors (Lipinski definition) is 1. The molecule has 2 rings (SSSR count). The second-order valence-corrected chi connectivity index (χ2v) is 5.39. The van der Waals surface area contributed by atoms with Crippen molar-refractivity contribution in [2.75, 3.05) is 13.1 Å². The molecular formula is C12H19N3O. The molecule has 0 atom stereocenters. The van der Waals surface area contributed by atoms with E-state index in [2.05, 4.69) is 30.7 Å². The fourth-order valence-corrected chi connectivity index (χ4v) is 1.90. The van der Waals surface area contributed by atoms with Gasteiger partial charge in [-0.05, 0) is 12.8 Å². The van der Waals surface area contributed by atoms with E-state index in [4.69, 9.17) is 0 Å². The SMILES string of the molecule is CC(C)(C)c1ncc(C(=O)N2CCCC2)[nH]1. The molecule has 0 aromatic carbocycles. The molecule has 1 aromatic heterocycles. The fraction of sp³-hybridized carbons (Fsp3) is 0.667. The Kier molecular flexibility index (Phi) is 2.74. The number of imidazole rings is 1. The van der Waals surface area contributed by atoms with E-state index in [-0.39, 0.29) is 11.3 Å². The molecule has 1 aliphatic rings. The number of likely N-dealkylation sites (tertiary alicyclic amines) is 1. The second kappa shape index (κ2) is 3.92. The topological polar surface area (TPSA) is 49.0 Å². The van der Waals surface area contributed by atoms with Crippen LogP contribution in [-0.4, -0.2) is 33.9 Å². The number of nitrogens with one attached hydrogen (secondary N) is 1. The summed E-state index contributed by atoms with van der Waals surface area (Å²) in [7, 11) is 0. The van der Waals surface area contributed by atoms with Crippen molar-refractivity contribution in [1.82, 2.24) is 14.9 Å². The van der Waals surface area contributed by atoms with Crippen LogP contribution in [0.1, 0.15) is 49.9 Å². The molecule has 0 unspecified atom stereocenters. The molecule has 0 radical (unpaired) electrons. The summed E-state index contributed by atoms with van der Waals surface area (Å²) in [6.07, 6.45) is 3.89. The molecule has 4 nitrogen and oxygen atoms in total. The first-order valence-electron chi connectivity index (χ1n) is 5.83. The molecule has 0 spiro atoms. The van der Waals surface area contributed by atoms with E-state index in [1.165, 1.54) is 0 Å². The number of nitrogens with zero attached hydrogens (tertiary/aromatic N) is 2. The zero-order valence-electron chi connectivity index (χ0n) is 10.2. The quantitative estimate of drug-likeness (QED) is 0.788. The minimum absolute atomic E-state index is 0.0382.